The molecule has 9 nitrogen and oxygen atoms in total. The van der Waals surface area contributed by atoms with E-state index >= 15 is 0 Å². The molecule has 2 atom stereocenters. The SMILES string of the molecule is CC(C)(C)OC(=O)N1CCN2C(NC[C@H]3CCCN3S(C)(=O)=O)=NCC2C1.I. The van der Waals surface area contributed by atoms with Crippen LogP contribution < -0.4 is 5.32 Å². The molecule has 0 bridgehead atoms. The van der Waals surface area contributed by atoms with Crippen LogP contribution in [0.15, 0.2) is 4.99 Å². The number of nitrogens with one attached hydrogen (secondary N) is 1. The molecule has 0 aliphatic carbocycles. The number of guanidine groups is 1. The Morgan fingerprint density at radius 2 is 2.00 bits per heavy atom. The van der Waals surface area contributed by atoms with E-state index in [1.54, 1.807) is 9.21 Å². The minimum absolute atomic E-state index is 0. The van der Waals surface area contributed by atoms with Gasteiger partial charge in [0.05, 0.1) is 18.8 Å². The molecule has 3 heterocycles. The molecule has 0 aromatic heterocycles. The molecule has 162 valence electrons. The second-order valence-corrected chi connectivity index (χ2v) is 10.4. The number of carbonyl (C=O) groups is 1. The number of aliphatic imine (C=N–C) groups is 1. The normalized spacial score (nSPS) is 25.8. The number of fused-ring (bicyclic) bond motifs is 1. The lowest BCUT2D eigenvalue weighted by molar-refractivity contribution is 0.0137. The predicted molar refractivity (Wildman–Crippen MR) is 119 cm³/mol. The molecule has 1 unspecified atom stereocenters. The highest BCUT2D eigenvalue weighted by atomic mass is 127. The van der Waals surface area contributed by atoms with E-state index < -0.39 is 15.6 Å². The van der Waals surface area contributed by atoms with Crippen molar-refractivity contribution in [1.29, 1.82) is 0 Å². The number of nitrogens with zero attached hydrogens (tertiary/aromatic N) is 4. The van der Waals surface area contributed by atoms with Gasteiger partial charge in [-0.2, -0.15) is 4.31 Å². The van der Waals surface area contributed by atoms with E-state index in [1.165, 1.54) is 6.26 Å². The zero-order valence-electron chi connectivity index (χ0n) is 17.0. The van der Waals surface area contributed by atoms with Crippen LogP contribution in [0.25, 0.3) is 0 Å². The van der Waals surface area contributed by atoms with E-state index in [4.69, 9.17) is 4.74 Å². The largest absolute Gasteiger partial charge is 0.444 e. The first-order chi connectivity index (χ1) is 12.5. The molecule has 0 aromatic rings. The summed E-state index contributed by atoms with van der Waals surface area (Å²) in [5.74, 6) is 0.809. The summed E-state index contributed by atoms with van der Waals surface area (Å²) in [5.41, 5.74) is -0.500. The van der Waals surface area contributed by atoms with E-state index in [-0.39, 0.29) is 42.2 Å². The van der Waals surface area contributed by atoms with Gasteiger partial charge in [0.15, 0.2) is 5.96 Å². The summed E-state index contributed by atoms with van der Waals surface area (Å²) >= 11 is 0. The molecule has 0 spiro atoms. The van der Waals surface area contributed by atoms with Gasteiger partial charge in [0.2, 0.25) is 10.0 Å². The van der Waals surface area contributed by atoms with Gasteiger partial charge in [0.25, 0.3) is 0 Å². The lowest BCUT2D eigenvalue weighted by Crippen LogP contribution is -2.58. The Morgan fingerprint density at radius 1 is 1.29 bits per heavy atom. The monoisotopic (exact) mass is 529 g/mol. The zero-order chi connectivity index (χ0) is 19.8. The molecule has 28 heavy (non-hydrogen) atoms. The third kappa shape index (κ3) is 5.62. The molecule has 2 saturated heterocycles. The van der Waals surface area contributed by atoms with E-state index in [0.717, 1.165) is 18.8 Å². The fourth-order valence-electron chi connectivity index (χ4n) is 3.88. The van der Waals surface area contributed by atoms with Crippen LogP contribution >= 0.6 is 24.0 Å². The summed E-state index contributed by atoms with van der Waals surface area (Å²) < 4.78 is 30.8. The van der Waals surface area contributed by atoms with Crippen molar-refractivity contribution in [3.05, 3.63) is 0 Å². The number of hydrogen-bond donors (Lipinski definition) is 1. The number of piperazine rings is 1. The second kappa shape index (κ2) is 8.90. The summed E-state index contributed by atoms with van der Waals surface area (Å²) in [6.07, 6.45) is 2.75. The van der Waals surface area contributed by atoms with Crippen molar-refractivity contribution >= 4 is 46.1 Å². The molecule has 2 fully saturated rings. The minimum Gasteiger partial charge on any atom is -0.444 e. The van der Waals surface area contributed by atoms with Crippen molar-refractivity contribution in [2.75, 3.05) is 45.5 Å². The van der Waals surface area contributed by atoms with Gasteiger partial charge in [0.1, 0.15) is 5.60 Å². The lowest BCUT2D eigenvalue weighted by atomic mass is 10.2. The third-order valence-corrected chi connectivity index (χ3v) is 6.44. The Hall–Kier alpha value is -0.820. The zero-order valence-corrected chi connectivity index (χ0v) is 20.2. The topological polar surface area (TPSA) is 94.5 Å². The van der Waals surface area contributed by atoms with Gasteiger partial charge >= 0.3 is 6.09 Å². The smallest absolute Gasteiger partial charge is 0.410 e. The fourth-order valence-corrected chi connectivity index (χ4v) is 5.06. The molecule has 11 heteroatoms. The van der Waals surface area contributed by atoms with Crippen molar-refractivity contribution in [1.82, 2.24) is 19.4 Å². The Labute approximate surface area is 184 Å². The average molecular weight is 529 g/mol. The fraction of sp³-hybridized carbons (Fsp3) is 0.882. The van der Waals surface area contributed by atoms with Gasteiger partial charge in [-0.15, -0.1) is 24.0 Å². The second-order valence-electron chi connectivity index (χ2n) is 8.49. The third-order valence-electron chi connectivity index (χ3n) is 5.10. The number of halogens is 1. The van der Waals surface area contributed by atoms with Crippen molar-refractivity contribution < 1.29 is 17.9 Å². The molecule has 0 radical (unpaired) electrons. The summed E-state index contributed by atoms with van der Waals surface area (Å²) in [6, 6.07) is 0.119. The first kappa shape index (κ1) is 23.5. The first-order valence-electron chi connectivity index (χ1n) is 9.54. The quantitative estimate of drug-likeness (QED) is 0.547. The molecular weight excluding hydrogens is 497 g/mol. The van der Waals surface area contributed by atoms with Gasteiger partial charge in [-0.25, -0.2) is 13.2 Å². The molecule has 1 N–H and O–H groups in total. The molecule has 3 aliphatic rings. The number of hydrogen-bond acceptors (Lipinski definition) is 7. The Bertz CT molecular complexity index is 709. The lowest BCUT2D eigenvalue weighted by Gasteiger charge is -2.39. The van der Waals surface area contributed by atoms with Gasteiger partial charge in [-0.05, 0) is 33.6 Å². The number of sulfonamides is 1. The average Bonchev–Trinajstić information content (AvgIpc) is 3.17. The van der Waals surface area contributed by atoms with Crippen LogP contribution in [-0.4, -0.2) is 97.8 Å². The van der Waals surface area contributed by atoms with Crippen LogP contribution in [0.5, 0.6) is 0 Å². The van der Waals surface area contributed by atoms with Gasteiger partial charge in [-0.1, -0.05) is 0 Å². The highest BCUT2D eigenvalue weighted by Crippen LogP contribution is 2.21. The Kier molecular flexibility index (Phi) is 7.46. The molecule has 0 aromatic carbocycles. The van der Waals surface area contributed by atoms with Crippen molar-refractivity contribution in [2.45, 2.75) is 51.3 Å². The summed E-state index contributed by atoms with van der Waals surface area (Å²) in [5, 5.41) is 3.34. The molecule has 3 rings (SSSR count). The van der Waals surface area contributed by atoms with Crippen molar-refractivity contribution in [3.8, 4) is 0 Å². The first-order valence-corrected chi connectivity index (χ1v) is 11.4. The minimum atomic E-state index is -3.17. The van der Waals surface area contributed by atoms with E-state index in [1.807, 2.05) is 20.8 Å². The number of rotatable bonds is 3. The van der Waals surface area contributed by atoms with Crippen LogP contribution in [0, 0.1) is 0 Å². The highest BCUT2D eigenvalue weighted by molar-refractivity contribution is 14.0. The molecule has 3 aliphatic heterocycles. The van der Waals surface area contributed by atoms with Gasteiger partial charge in [-0.3, -0.25) is 4.99 Å². The van der Waals surface area contributed by atoms with Gasteiger partial charge < -0.3 is 19.9 Å². The highest BCUT2D eigenvalue weighted by Gasteiger charge is 2.37. The molecule has 1 amide bonds. The van der Waals surface area contributed by atoms with Crippen LogP contribution in [0.3, 0.4) is 0 Å². The number of ether oxygens (including phenoxy) is 1. The standard InChI is InChI=1S/C17H31N5O4S.HI/c1-17(2,3)26-16(23)20-8-9-21-14(12-20)11-19-15(21)18-10-13-6-5-7-22(13)27(4,24)25;/h13-14H,5-12H2,1-4H3,(H,18,19);1H/t13-,14?;/m1./s1. The molecular formula is C17H32IN5O4S. The number of carbonyl (C=O) groups excluding carboxylic acids is 1. The number of amides is 1. The maximum absolute atomic E-state index is 12.3. The maximum atomic E-state index is 12.3. The van der Waals surface area contributed by atoms with Crippen LogP contribution in [0.1, 0.15) is 33.6 Å². The van der Waals surface area contributed by atoms with Crippen LogP contribution in [-0.2, 0) is 14.8 Å². The van der Waals surface area contributed by atoms with Crippen LogP contribution in [0.4, 0.5) is 4.79 Å². The Morgan fingerprint density at radius 3 is 2.64 bits per heavy atom. The summed E-state index contributed by atoms with van der Waals surface area (Å²) in [4.78, 5) is 20.8. The van der Waals surface area contributed by atoms with Crippen molar-refractivity contribution in [3.63, 3.8) is 0 Å². The predicted octanol–water partition coefficient (Wildman–Crippen LogP) is 0.909. The van der Waals surface area contributed by atoms with E-state index in [9.17, 15) is 13.2 Å². The van der Waals surface area contributed by atoms with E-state index in [2.05, 4.69) is 15.2 Å². The maximum Gasteiger partial charge on any atom is 0.410 e. The van der Waals surface area contributed by atoms with Crippen molar-refractivity contribution in [2.24, 2.45) is 4.99 Å². The summed E-state index contributed by atoms with van der Waals surface area (Å²) in [7, 11) is -3.17. The Balaban J connectivity index is 0.00000280. The summed E-state index contributed by atoms with van der Waals surface area (Å²) in [6.45, 7) is 9.24. The van der Waals surface area contributed by atoms with Gasteiger partial charge in [0, 0.05) is 38.8 Å². The van der Waals surface area contributed by atoms with E-state index in [0.29, 0.717) is 39.3 Å². The molecule has 0 saturated carbocycles. The van der Waals surface area contributed by atoms with Crippen LogP contribution in [0.2, 0.25) is 0 Å².